The molecule has 0 saturated carbocycles. The lowest BCUT2D eigenvalue weighted by molar-refractivity contribution is -0.211. The lowest BCUT2D eigenvalue weighted by atomic mass is 10.1. The van der Waals surface area contributed by atoms with E-state index in [1.165, 1.54) is 6.92 Å². The summed E-state index contributed by atoms with van der Waals surface area (Å²) in [5.74, 6) is -3.84. The Morgan fingerprint density at radius 1 is 1.25 bits per heavy atom. The van der Waals surface area contributed by atoms with Crippen LogP contribution in [0, 0.1) is 5.82 Å². The number of hydrogen-bond donors (Lipinski definition) is 2. The first-order valence-corrected chi connectivity index (χ1v) is 6.91. The second-order valence-corrected chi connectivity index (χ2v) is 5.97. The predicted molar refractivity (Wildman–Crippen MR) is 77.4 cm³/mol. The Morgan fingerprint density at radius 3 is 2.33 bits per heavy atom. The van der Waals surface area contributed by atoms with Gasteiger partial charge in [-0.1, -0.05) is 0 Å². The van der Waals surface area contributed by atoms with Crippen LogP contribution < -0.4 is 10.1 Å². The molecule has 0 aliphatic carbocycles. The van der Waals surface area contributed by atoms with Crippen molar-refractivity contribution < 1.29 is 37.3 Å². The summed E-state index contributed by atoms with van der Waals surface area (Å²) < 4.78 is 49.0. The summed E-state index contributed by atoms with van der Waals surface area (Å²) in [7, 11) is 0. The topological polar surface area (TPSA) is 84.9 Å². The number of benzene rings is 1. The summed E-state index contributed by atoms with van der Waals surface area (Å²) in [5.41, 5.74) is -0.955. The molecular formula is C15H18F3NO5. The molecule has 0 radical (unpaired) electrons. The van der Waals surface area contributed by atoms with Gasteiger partial charge in [0, 0.05) is 5.56 Å². The zero-order valence-electron chi connectivity index (χ0n) is 13.5. The third kappa shape index (κ3) is 5.64. The third-order valence-corrected chi connectivity index (χ3v) is 2.66. The molecule has 1 atom stereocenters. The maximum atomic E-state index is 13.4. The highest BCUT2D eigenvalue weighted by atomic mass is 19.3. The predicted octanol–water partition coefficient (Wildman–Crippen LogP) is 3.47. The molecule has 0 heterocycles. The maximum Gasteiger partial charge on any atom is 0.501 e. The molecule has 0 bridgehead atoms. The molecule has 0 spiro atoms. The Hall–Kier alpha value is -2.45. The van der Waals surface area contributed by atoms with Crippen molar-refractivity contribution in [2.24, 2.45) is 0 Å². The first-order valence-electron chi connectivity index (χ1n) is 6.91. The van der Waals surface area contributed by atoms with Crippen LogP contribution in [0.25, 0.3) is 0 Å². The molecular weight excluding hydrogens is 331 g/mol. The van der Waals surface area contributed by atoms with E-state index in [0.29, 0.717) is 0 Å². The van der Waals surface area contributed by atoms with Crippen molar-refractivity contribution in [1.82, 2.24) is 5.32 Å². The van der Waals surface area contributed by atoms with Crippen molar-refractivity contribution in [3.63, 3.8) is 0 Å². The fourth-order valence-electron chi connectivity index (χ4n) is 1.69. The first-order chi connectivity index (χ1) is 10.8. The van der Waals surface area contributed by atoms with Crippen LogP contribution in [-0.2, 0) is 9.53 Å². The molecule has 0 saturated heterocycles. The van der Waals surface area contributed by atoms with Gasteiger partial charge in [0.05, 0.1) is 6.04 Å². The standard InChI is InChI=1S/C15H18F3NO5/c1-8(19-13(22)24-14(2,3)4)10-7-9(16)5-6-11(10)23-15(17,18)12(20)21/h5-8H,1-4H3,(H,19,22)(H,20,21)/t8-/m1/s1. The molecule has 1 amide bonds. The van der Waals surface area contributed by atoms with Crippen LogP contribution in [0.1, 0.15) is 39.3 Å². The van der Waals surface area contributed by atoms with Crippen LogP contribution in [0.5, 0.6) is 5.75 Å². The van der Waals surface area contributed by atoms with E-state index >= 15 is 0 Å². The number of hydrogen-bond acceptors (Lipinski definition) is 4. The van der Waals surface area contributed by atoms with Gasteiger partial charge in [-0.3, -0.25) is 0 Å². The average Bonchev–Trinajstić information content (AvgIpc) is 2.37. The molecule has 0 aromatic heterocycles. The van der Waals surface area contributed by atoms with Crippen LogP contribution >= 0.6 is 0 Å². The Balaban J connectivity index is 3.03. The largest absolute Gasteiger partial charge is 0.501 e. The molecule has 1 rings (SSSR count). The number of carboxylic acids is 1. The number of carboxylic acid groups (broad SMARTS) is 1. The van der Waals surface area contributed by atoms with Crippen molar-refractivity contribution in [2.45, 2.75) is 45.4 Å². The number of carbonyl (C=O) groups excluding carboxylic acids is 1. The second-order valence-electron chi connectivity index (χ2n) is 5.97. The number of alkyl halides is 2. The Kier molecular flexibility index (Phi) is 5.70. The summed E-state index contributed by atoms with van der Waals surface area (Å²) >= 11 is 0. The van der Waals surface area contributed by atoms with Gasteiger partial charge in [-0.15, -0.1) is 0 Å². The Bertz CT molecular complexity index is 628. The van der Waals surface area contributed by atoms with Gasteiger partial charge >= 0.3 is 18.2 Å². The summed E-state index contributed by atoms with van der Waals surface area (Å²) in [6, 6.07) is 1.57. The van der Waals surface area contributed by atoms with E-state index in [-0.39, 0.29) is 5.56 Å². The van der Waals surface area contributed by atoms with Crippen molar-refractivity contribution >= 4 is 12.1 Å². The number of aliphatic carboxylic acids is 1. The van der Waals surface area contributed by atoms with Crippen molar-refractivity contribution in [3.05, 3.63) is 29.6 Å². The molecule has 0 fully saturated rings. The minimum Gasteiger partial charge on any atom is -0.474 e. The molecule has 6 nitrogen and oxygen atoms in total. The number of nitrogens with one attached hydrogen (secondary N) is 1. The molecule has 0 aliphatic rings. The summed E-state index contributed by atoms with van der Waals surface area (Å²) in [4.78, 5) is 22.2. The molecule has 1 aromatic rings. The normalized spacial score (nSPS) is 13.1. The number of halogens is 3. The minimum atomic E-state index is -4.50. The Labute approximate surface area is 136 Å². The van der Waals surface area contributed by atoms with E-state index < -0.39 is 41.4 Å². The van der Waals surface area contributed by atoms with Crippen LogP contribution in [0.4, 0.5) is 18.0 Å². The fraction of sp³-hybridized carbons (Fsp3) is 0.467. The van der Waals surface area contributed by atoms with Gasteiger partial charge in [-0.25, -0.2) is 14.0 Å². The first kappa shape index (κ1) is 19.6. The lowest BCUT2D eigenvalue weighted by Gasteiger charge is -2.23. The molecule has 9 heteroatoms. The average molecular weight is 349 g/mol. The number of ether oxygens (including phenoxy) is 2. The molecule has 0 aliphatic heterocycles. The SMILES string of the molecule is C[C@@H](NC(=O)OC(C)(C)C)c1cc(F)ccc1OC(F)(F)C(=O)O. The molecule has 0 unspecified atom stereocenters. The van der Waals surface area contributed by atoms with Gasteiger partial charge in [-0.05, 0) is 45.9 Å². The van der Waals surface area contributed by atoms with Gasteiger partial charge in [0.2, 0.25) is 0 Å². The van der Waals surface area contributed by atoms with Crippen LogP contribution in [-0.4, -0.2) is 28.9 Å². The number of amides is 1. The van der Waals surface area contributed by atoms with Gasteiger partial charge in [0.25, 0.3) is 0 Å². The summed E-state index contributed by atoms with van der Waals surface area (Å²) in [5, 5.41) is 10.8. The molecule has 24 heavy (non-hydrogen) atoms. The highest BCUT2D eigenvalue weighted by Gasteiger charge is 2.43. The monoisotopic (exact) mass is 349 g/mol. The van der Waals surface area contributed by atoms with Crippen LogP contribution in [0.2, 0.25) is 0 Å². The zero-order chi connectivity index (χ0) is 18.7. The maximum absolute atomic E-state index is 13.4. The van der Waals surface area contributed by atoms with Gasteiger partial charge < -0.3 is 19.9 Å². The van der Waals surface area contributed by atoms with Crippen molar-refractivity contribution in [1.29, 1.82) is 0 Å². The fourth-order valence-corrected chi connectivity index (χ4v) is 1.69. The highest BCUT2D eigenvalue weighted by Crippen LogP contribution is 2.30. The van der Waals surface area contributed by atoms with E-state index in [2.05, 4.69) is 10.1 Å². The Morgan fingerprint density at radius 2 is 1.83 bits per heavy atom. The molecule has 2 N–H and O–H groups in total. The smallest absolute Gasteiger partial charge is 0.474 e. The third-order valence-electron chi connectivity index (χ3n) is 2.66. The van der Waals surface area contributed by atoms with Crippen LogP contribution in [0.15, 0.2) is 18.2 Å². The highest BCUT2D eigenvalue weighted by molar-refractivity contribution is 5.74. The summed E-state index contributed by atoms with van der Waals surface area (Å²) in [6.45, 7) is 6.26. The van der Waals surface area contributed by atoms with Gasteiger partial charge in [0.1, 0.15) is 17.2 Å². The summed E-state index contributed by atoms with van der Waals surface area (Å²) in [6.07, 6.45) is -5.35. The van der Waals surface area contributed by atoms with Crippen LogP contribution in [0.3, 0.4) is 0 Å². The zero-order valence-corrected chi connectivity index (χ0v) is 13.5. The van der Waals surface area contributed by atoms with Crippen molar-refractivity contribution in [2.75, 3.05) is 0 Å². The lowest BCUT2D eigenvalue weighted by Crippen LogP contribution is -2.36. The van der Waals surface area contributed by atoms with E-state index in [0.717, 1.165) is 18.2 Å². The number of rotatable bonds is 5. The van der Waals surface area contributed by atoms with E-state index in [9.17, 15) is 22.8 Å². The van der Waals surface area contributed by atoms with Gasteiger partial charge in [-0.2, -0.15) is 8.78 Å². The quantitative estimate of drug-likeness (QED) is 0.850. The van der Waals surface area contributed by atoms with Gasteiger partial charge in [0.15, 0.2) is 0 Å². The minimum absolute atomic E-state index is 0.165. The molecule has 1 aromatic carbocycles. The van der Waals surface area contributed by atoms with E-state index in [4.69, 9.17) is 9.84 Å². The van der Waals surface area contributed by atoms with E-state index in [1.807, 2.05) is 0 Å². The number of carbonyl (C=O) groups is 2. The second kappa shape index (κ2) is 6.98. The van der Waals surface area contributed by atoms with E-state index in [1.54, 1.807) is 20.8 Å². The molecule has 134 valence electrons. The van der Waals surface area contributed by atoms with Crippen molar-refractivity contribution in [3.8, 4) is 5.75 Å². The number of alkyl carbamates (subject to hydrolysis) is 1.